The molecule has 2 aliphatic rings. The molecule has 20 heavy (non-hydrogen) atoms. The molecule has 118 valence electrons. The van der Waals surface area contributed by atoms with Crippen molar-refractivity contribution < 1.29 is 0 Å². The maximum atomic E-state index is 4.58. The zero-order valence-electron chi connectivity index (χ0n) is 13.5. The standard InChI is InChI=1S/C15H30N4.HI/c1-6-16-15(17-13-7-11(13)4)18-14-9-19(10(2)3)8-12(14)5;/h10-14H,6-9H2,1-5H3,(H2,16,17,18);1H. The first kappa shape index (κ1) is 18.0. The first-order chi connectivity index (χ1) is 9.01. The Morgan fingerprint density at radius 1 is 1.15 bits per heavy atom. The minimum atomic E-state index is 0. The summed E-state index contributed by atoms with van der Waals surface area (Å²) in [6, 6.07) is 1.79. The van der Waals surface area contributed by atoms with Gasteiger partial charge in [-0.25, -0.2) is 0 Å². The second kappa shape index (κ2) is 7.82. The van der Waals surface area contributed by atoms with E-state index in [9.17, 15) is 0 Å². The van der Waals surface area contributed by atoms with Crippen molar-refractivity contribution in [2.24, 2.45) is 16.8 Å². The summed E-state index contributed by atoms with van der Waals surface area (Å²) in [6.45, 7) is 14.4. The third-order valence-corrected chi connectivity index (χ3v) is 4.44. The van der Waals surface area contributed by atoms with Crippen molar-refractivity contribution in [1.82, 2.24) is 15.5 Å². The van der Waals surface area contributed by atoms with Gasteiger partial charge in [0.05, 0.1) is 0 Å². The molecule has 0 amide bonds. The quantitative estimate of drug-likeness (QED) is 0.437. The number of hydrogen-bond acceptors (Lipinski definition) is 2. The van der Waals surface area contributed by atoms with Gasteiger partial charge in [0.1, 0.15) is 0 Å². The Morgan fingerprint density at radius 2 is 1.75 bits per heavy atom. The summed E-state index contributed by atoms with van der Waals surface area (Å²) < 4.78 is 0. The fourth-order valence-corrected chi connectivity index (χ4v) is 2.78. The average molecular weight is 394 g/mol. The maximum Gasteiger partial charge on any atom is 0.191 e. The van der Waals surface area contributed by atoms with E-state index in [1.165, 1.54) is 13.0 Å². The molecule has 0 spiro atoms. The van der Waals surface area contributed by atoms with E-state index in [0.717, 1.165) is 25.0 Å². The molecular formula is C15H31IN4. The van der Waals surface area contributed by atoms with Gasteiger partial charge in [-0.2, -0.15) is 0 Å². The lowest BCUT2D eigenvalue weighted by atomic mass is 10.1. The Kier molecular flexibility index (Phi) is 7.04. The molecule has 1 heterocycles. The predicted octanol–water partition coefficient (Wildman–Crippen LogP) is 2.30. The van der Waals surface area contributed by atoms with E-state index < -0.39 is 0 Å². The van der Waals surface area contributed by atoms with Gasteiger partial charge in [-0.3, -0.25) is 9.89 Å². The molecule has 0 bridgehead atoms. The van der Waals surface area contributed by atoms with Crippen molar-refractivity contribution >= 4 is 29.9 Å². The highest BCUT2D eigenvalue weighted by molar-refractivity contribution is 14.0. The topological polar surface area (TPSA) is 39.7 Å². The first-order valence-corrected chi connectivity index (χ1v) is 7.82. The number of hydrogen-bond donors (Lipinski definition) is 2. The van der Waals surface area contributed by atoms with Crippen molar-refractivity contribution in [3.05, 3.63) is 0 Å². The number of rotatable bonds is 4. The van der Waals surface area contributed by atoms with Gasteiger partial charge in [0.2, 0.25) is 0 Å². The van der Waals surface area contributed by atoms with Gasteiger partial charge < -0.3 is 10.6 Å². The summed E-state index contributed by atoms with van der Waals surface area (Å²) in [7, 11) is 0. The molecule has 2 N–H and O–H groups in total. The van der Waals surface area contributed by atoms with Crippen LogP contribution < -0.4 is 10.6 Å². The summed E-state index contributed by atoms with van der Waals surface area (Å²) in [5, 5.41) is 7.19. The molecule has 1 saturated heterocycles. The molecule has 0 aromatic carbocycles. The van der Waals surface area contributed by atoms with E-state index in [0.29, 0.717) is 24.0 Å². The van der Waals surface area contributed by atoms with E-state index in [1.54, 1.807) is 0 Å². The Labute approximate surface area is 141 Å². The van der Waals surface area contributed by atoms with E-state index in [-0.39, 0.29) is 24.0 Å². The summed E-state index contributed by atoms with van der Waals surface area (Å²) in [4.78, 5) is 7.13. The van der Waals surface area contributed by atoms with Gasteiger partial charge in [0, 0.05) is 37.8 Å². The summed E-state index contributed by atoms with van der Waals surface area (Å²) in [6.07, 6.45) is 1.28. The molecule has 2 rings (SSSR count). The minimum Gasteiger partial charge on any atom is -0.353 e. The Bertz CT molecular complexity index is 332. The highest BCUT2D eigenvalue weighted by Gasteiger charge is 2.35. The van der Waals surface area contributed by atoms with Gasteiger partial charge in [0.15, 0.2) is 5.96 Å². The van der Waals surface area contributed by atoms with Crippen molar-refractivity contribution in [2.75, 3.05) is 19.6 Å². The van der Waals surface area contributed by atoms with E-state index in [1.807, 2.05) is 0 Å². The van der Waals surface area contributed by atoms with Crippen LogP contribution in [-0.2, 0) is 0 Å². The molecule has 0 radical (unpaired) electrons. The molecular weight excluding hydrogens is 363 g/mol. The maximum absolute atomic E-state index is 4.58. The summed E-state index contributed by atoms with van der Waals surface area (Å²) in [5.41, 5.74) is 0. The second-order valence-corrected chi connectivity index (χ2v) is 6.56. The van der Waals surface area contributed by atoms with Crippen LogP contribution in [0, 0.1) is 11.8 Å². The second-order valence-electron chi connectivity index (χ2n) is 6.56. The highest BCUT2D eigenvalue weighted by Crippen LogP contribution is 2.29. The monoisotopic (exact) mass is 394 g/mol. The lowest BCUT2D eigenvalue weighted by Crippen LogP contribution is -2.47. The normalized spacial score (nSPS) is 34.0. The molecule has 1 saturated carbocycles. The zero-order chi connectivity index (χ0) is 14.0. The van der Waals surface area contributed by atoms with E-state index in [2.05, 4.69) is 55.1 Å². The van der Waals surface area contributed by atoms with E-state index in [4.69, 9.17) is 0 Å². The van der Waals surface area contributed by atoms with Crippen LogP contribution >= 0.6 is 24.0 Å². The summed E-state index contributed by atoms with van der Waals surface area (Å²) in [5.74, 6) is 2.50. The molecule has 4 atom stereocenters. The van der Waals surface area contributed by atoms with Gasteiger partial charge in [-0.1, -0.05) is 13.8 Å². The van der Waals surface area contributed by atoms with Gasteiger partial charge >= 0.3 is 0 Å². The number of halogens is 1. The predicted molar refractivity (Wildman–Crippen MR) is 96.9 cm³/mol. The number of likely N-dealkylation sites (tertiary alicyclic amines) is 1. The molecule has 0 aromatic rings. The molecule has 2 fully saturated rings. The lowest BCUT2D eigenvalue weighted by molar-refractivity contribution is 0.265. The molecule has 1 aliphatic carbocycles. The van der Waals surface area contributed by atoms with Crippen LogP contribution in [0.15, 0.2) is 4.99 Å². The van der Waals surface area contributed by atoms with Crippen LogP contribution in [0.3, 0.4) is 0 Å². The smallest absolute Gasteiger partial charge is 0.191 e. The molecule has 4 unspecified atom stereocenters. The van der Waals surface area contributed by atoms with Crippen molar-refractivity contribution in [2.45, 2.75) is 59.2 Å². The number of guanidine groups is 1. The van der Waals surface area contributed by atoms with E-state index >= 15 is 0 Å². The summed E-state index contributed by atoms with van der Waals surface area (Å²) >= 11 is 0. The van der Waals surface area contributed by atoms with Gasteiger partial charge in [0.25, 0.3) is 0 Å². The molecule has 1 aliphatic heterocycles. The van der Waals surface area contributed by atoms with Crippen molar-refractivity contribution in [3.8, 4) is 0 Å². The molecule has 0 aromatic heterocycles. The van der Waals surface area contributed by atoms with Crippen molar-refractivity contribution in [1.29, 1.82) is 0 Å². The lowest BCUT2D eigenvalue weighted by Gasteiger charge is -2.22. The van der Waals surface area contributed by atoms with Crippen LogP contribution in [0.5, 0.6) is 0 Å². The minimum absolute atomic E-state index is 0. The number of nitrogens with one attached hydrogen (secondary N) is 2. The molecule has 4 nitrogen and oxygen atoms in total. The first-order valence-electron chi connectivity index (χ1n) is 7.82. The van der Waals surface area contributed by atoms with Crippen LogP contribution in [0.1, 0.15) is 41.0 Å². The largest absolute Gasteiger partial charge is 0.353 e. The van der Waals surface area contributed by atoms with Crippen LogP contribution in [0.25, 0.3) is 0 Å². The zero-order valence-corrected chi connectivity index (χ0v) is 15.8. The van der Waals surface area contributed by atoms with Gasteiger partial charge in [-0.15, -0.1) is 24.0 Å². The fourth-order valence-electron chi connectivity index (χ4n) is 2.78. The van der Waals surface area contributed by atoms with Crippen LogP contribution in [0.4, 0.5) is 0 Å². The third kappa shape index (κ3) is 4.76. The Balaban J connectivity index is 0.00000200. The van der Waals surface area contributed by atoms with Crippen molar-refractivity contribution in [3.63, 3.8) is 0 Å². The average Bonchev–Trinajstić information content (AvgIpc) is 2.88. The Morgan fingerprint density at radius 3 is 2.20 bits per heavy atom. The highest BCUT2D eigenvalue weighted by atomic mass is 127. The Hall–Kier alpha value is -0.0400. The van der Waals surface area contributed by atoms with Gasteiger partial charge in [-0.05, 0) is 39.0 Å². The fraction of sp³-hybridized carbons (Fsp3) is 0.933. The van der Waals surface area contributed by atoms with Crippen LogP contribution in [-0.4, -0.2) is 48.6 Å². The SMILES string of the molecule is CCN=C(NC1CC1C)NC1CN(C(C)C)CC1C.I. The third-order valence-electron chi connectivity index (χ3n) is 4.44. The molecule has 5 heteroatoms. The number of nitrogens with zero attached hydrogens (tertiary/aromatic N) is 2. The van der Waals surface area contributed by atoms with Crippen LogP contribution in [0.2, 0.25) is 0 Å². The number of aliphatic imine (C=N–C) groups is 1.